The van der Waals surface area contributed by atoms with Crippen LogP contribution in [0.2, 0.25) is 0 Å². The lowest BCUT2D eigenvalue weighted by molar-refractivity contribution is 0.102. The Kier molecular flexibility index (Phi) is 5.88. The highest BCUT2D eigenvalue weighted by molar-refractivity contribution is 6.03. The second kappa shape index (κ2) is 9.15. The van der Waals surface area contributed by atoms with Gasteiger partial charge < -0.3 is 9.51 Å². The third-order valence-corrected chi connectivity index (χ3v) is 6.13. The number of carbonyl (C=O) groups is 1. The highest BCUT2D eigenvalue weighted by atomic mass is 16.3. The lowest BCUT2D eigenvalue weighted by atomic mass is 9.82. The van der Waals surface area contributed by atoms with Crippen LogP contribution in [0.15, 0.2) is 85.3 Å². The summed E-state index contributed by atoms with van der Waals surface area (Å²) in [4.78, 5) is 21.9. The predicted molar refractivity (Wildman–Crippen MR) is 133 cm³/mol. The molecule has 3 heterocycles. The second-order valence-corrected chi connectivity index (χ2v) is 8.23. The Hall–Kier alpha value is -4.30. The van der Waals surface area contributed by atoms with Crippen molar-refractivity contribution in [2.75, 3.05) is 5.32 Å². The highest BCUT2D eigenvalue weighted by Gasteiger charge is 2.38. The van der Waals surface area contributed by atoms with Crippen LogP contribution in [0.3, 0.4) is 0 Å². The standard InChI is InChI=1S/C27H26N6O2/c1-3-22-24(27(35,20-11-7-5-8-12-20)21-13-9-6-10-14-21)29-23-16-15-19(17-33(22)23)25(34)30-26-28-18-32(4-2)31-26/h5-18,35H,3-4H2,1-2H3,(H,30,31,34). The lowest BCUT2D eigenvalue weighted by Crippen LogP contribution is -2.30. The number of hydrogen-bond donors (Lipinski definition) is 2. The predicted octanol–water partition coefficient (Wildman–Crippen LogP) is 4.04. The van der Waals surface area contributed by atoms with E-state index in [0.717, 1.165) is 16.8 Å². The first-order chi connectivity index (χ1) is 17.0. The number of anilines is 1. The molecule has 0 radical (unpaired) electrons. The third kappa shape index (κ3) is 3.98. The number of nitrogens with zero attached hydrogens (tertiary/aromatic N) is 5. The molecule has 2 N–H and O–H groups in total. The van der Waals surface area contributed by atoms with Crippen molar-refractivity contribution < 1.29 is 9.90 Å². The molecule has 5 rings (SSSR count). The first kappa shape index (κ1) is 22.5. The fourth-order valence-electron chi connectivity index (χ4n) is 4.33. The van der Waals surface area contributed by atoms with Gasteiger partial charge in [0.05, 0.1) is 5.56 Å². The molecular weight excluding hydrogens is 440 g/mol. The topological polar surface area (TPSA) is 97.3 Å². The van der Waals surface area contributed by atoms with E-state index >= 15 is 0 Å². The summed E-state index contributed by atoms with van der Waals surface area (Å²) >= 11 is 0. The van der Waals surface area contributed by atoms with Gasteiger partial charge in [-0.25, -0.2) is 9.97 Å². The molecule has 0 aliphatic carbocycles. The van der Waals surface area contributed by atoms with Gasteiger partial charge in [-0.1, -0.05) is 67.6 Å². The van der Waals surface area contributed by atoms with Crippen LogP contribution in [0.25, 0.3) is 5.65 Å². The second-order valence-electron chi connectivity index (χ2n) is 8.23. The summed E-state index contributed by atoms with van der Waals surface area (Å²) in [5.41, 5.74) is 2.43. The number of amides is 1. The van der Waals surface area contributed by atoms with Crippen LogP contribution in [-0.4, -0.2) is 35.2 Å². The Labute approximate surface area is 202 Å². The van der Waals surface area contributed by atoms with E-state index in [2.05, 4.69) is 15.4 Å². The van der Waals surface area contributed by atoms with Crippen molar-refractivity contribution >= 4 is 17.5 Å². The van der Waals surface area contributed by atoms with Gasteiger partial charge in [0.1, 0.15) is 17.7 Å². The number of aryl methyl sites for hydroxylation is 2. The maximum Gasteiger partial charge on any atom is 0.259 e. The Morgan fingerprint density at radius 2 is 1.63 bits per heavy atom. The zero-order chi connectivity index (χ0) is 24.4. The van der Waals surface area contributed by atoms with Crippen molar-refractivity contribution in [1.82, 2.24) is 24.1 Å². The van der Waals surface area contributed by atoms with Gasteiger partial charge in [-0.15, -0.1) is 5.10 Å². The van der Waals surface area contributed by atoms with Crippen LogP contribution >= 0.6 is 0 Å². The Bertz CT molecular complexity index is 1430. The summed E-state index contributed by atoms with van der Waals surface area (Å²) in [6, 6.07) is 22.5. The van der Waals surface area contributed by atoms with Gasteiger partial charge in [0.15, 0.2) is 5.60 Å². The molecule has 1 amide bonds. The molecule has 0 saturated heterocycles. The summed E-state index contributed by atoms with van der Waals surface area (Å²) in [6.07, 6.45) is 3.92. The molecule has 35 heavy (non-hydrogen) atoms. The van der Waals surface area contributed by atoms with Gasteiger partial charge in [0.25, 0.3) is 5.91 Å². The molecule has 176 valence electrons. The largest absolute Gasteiger partial charge is 0.374 e. The van der Waals surface area contributed by atoms with Crippen LogP contribution in [0.4, 0.5) is 5.95 Å². The summed E-state index contributed by atoms with van der Waals surface area (Å²) in [5, 5.41) is 19.2. The summed E-state index contributed by atoms with van der Waals surface area (Å²) in [7, 11) is 0. The number of carbonyl (C=O) groups excluding carboxylic acids is 1. The van der Waals surface area contributed by atoms with E-state index in [-0.39, 0.29) is 11.9 Å². The number of benzene rings is 2. The average Bonchev–Trinajstić information content (AvgIpc) is 3.53. The molecule has 0 unspecified atom stereocenters. The molecule has 8 heteroatoms. The van der Waals surface area contributed by atoms with Gasteiger partial charge in [-0.05, 0) is 36.6 Å². The Morgan fingerprint density at radius 3 is 2.20 bits per heavy atom. The summed E-state index contributed by atoms with van der Waals surface area (Å²) in [6.45, 7) is 4.62. The minimum absolute atomic E-state index is 0.251. The number of fused-ring (bicyclic) bond motifs is 1. The Morgan fingerprint density at radius 1 is 0.971 bits per heavy atom. The van der Waals surface area contributed by atoms with E-state index < -0.39 is 5.60 Å². The number of imidazole rings is 1. The van der Waals surface area contributed by atoms with Crippen LogP contribution in [-0.2, 0) is 18.6 Å². The average molecular weight is 467 g/mol. The molecule has 3 aromatic heterocycles. The van der Waals surface area contributed by atoms with Crippen molar-refractivity contribution in [3.8, 4) is 0 Å². The van der Waals surface area contributed by atoms with Crippen LogP contribution in [0.5, 0.6) is 0 Å². The van der Waals surface area contributed by atoms with Crippen LogP contribution in [0.1, 0.15) is 46.7 Å². The number of rotatable bonds is 7. The normalized spacial score (nSPS) is 11.6. The first-order valence-electron chi connectivity index (χ1n) is 11.6. The molecule has 0 aliphatic rings. The van der Waals surface area contributed by atoms with E-state index in [9.17, 15) is 9.90 Å². The van der Waals surface area contributed by atoms with Gasteiger partial charge in [0, 0.05) is 18.4 Å². The number of pyridine rings is 1. The van der Waals surface area contributed by atoms with Crippen molar-refractivity contribution in [3.05, 3.63) is 113 Å². The van der Waals surface area contributed by atoms with Gasteiger partial charge >= 0.3 is 0 Å². The molecule has 0 fully saturated rings. The molecule has 0 aliphatic heterocycles. The zero-order valence-corrected chi connectivity index (χ0v) is 19.6. The van der Waals surface area contributed by atoms with Gasteiger partial charge in [-0.3, -0.25) is 14.8 Å². The molecule has 0 atom stereocenters. The van der Waals surface area contributed by atoms with E-state index in [1.165, 1.54) is 0 Å². The number of hydrogen-bond acceptors (Lipinski definition) is 5. The zero-order valence-electron chi connectivity index (χ0n) is 19.6. The van der Waals surface area contributed by atoms with Crippen molar-refractivity contribution in [3.63, 3.8) is 0 Å². The lowest BCUT2D eigenvalue weighted by Gasteiger charge is -2.29. The highest BCUT2D eigenvalue weighted by Crippen LogP contribution is 2.38. The first-order valence-corrected chi connectivity index (χ1v) is 11.6. The van der Waals surface area contributed by atoms with Crippen molar-refractivity contribution in [1.29, 1.82) is 0 Å². The molecule has 0 bridgehead atoms. The van der Waals surface area contributed by atoms with Crippen LogP contribution in [0, 0.1) is 0 Å². The summed E-state index contributed by atoms with van der Waals surface area (Å²) < 4.78 is 3.52. The maximum atomic E-state index is 12.9. The van der Waals surface area contributed by atoms with Gasteiger partial charge in [0.2, 0.25) is 5.95 Å². The van der Waals surface area contributed by atoms with E-state index in [0.29, 0.717) is 29.9 Å². The maximum absolute atomic E-state index is 12.9. The minimum atomic E-state index is -1.46. The van der Waals surface area contributed by atoms with Crippen molar-refractivity contribution in [2.45, 2.75) is 32.4 Å². The third-order valence-electron chi connectivity index (χ3n) is 6.13. The minimum Gasteiger partial charge on any atom is -0.374 e. The molecule has 5 aromatic rings. The molecule has 8 nitrogen and oxygen atoms in total. The molecule has 2 aromatic carbocycles. The van der Waals surface area contributed by atoms with Crippen LogP contribution < -0.4 is 5.32 Å². The van der Waals surface area contributed by atoms with Gasteiger partial charge in [-0.2, -0.15) is 0 Å². The fourth-order valence-corrected chi connectivity index (χ4v) is 4.33. The van der Waals surface area contributed by atoms with E-state index in [4.69, 9.17) is 4.98 Å². The van der Waals surface area contributed by atoms with Crippen molar-refractivity contribution in [2.24, 2.45) is 0 Å². The quantitative estimate of drug-likeness (QED) is 0.377. The molecular formula is C27H26N6O2. The monoisotopic (exact) mass is 466 g/mol. The van der Waals surface area contributed by atoms with E-state index in [1.54, 1.807) is 29.3 Å². The van der Waals surface area contributed by atoms with E-state index in [1.807, 2.05) is 78.9 Å². The smallest absolute Gasteiger partial charge is 0.259 e. The molecule has 0 saturated carbocycles. The number of nitrogens with one attached hydrogen (secondary N) is 1. The number of aliphatic hydroxyl groups is 1. The number of aromatic nitrogens is 5. The fraction of sp³-hybridized carbons (Fsp3) is 0.185. The SMILES string of the molecule is CCc1c(C(O)(c2ccccc2)c2ccccc2)nc2ccc(C(=O)Nc3ncn(CC)n3)cn12. The Balaban J connectivity index is 1.62. The molecule has 0 spiro atoms. The summed E-state index contributed by atoms with van der Waals surface area (Å²) in [5.74, 6) is -0.0686.